The number of hydrogen-bond acceptors (Lipinski definition) is 6. The molecule has 7 nitrogen and oxygen atoms in total. The minimum Gasteiger partial charge on any atom is -0.442 e. The van der Waals surface area contributed by atoms with Crippen molar-refractivity contribution in [2.24, 2.45) is 10.9 Å². The van der Waals surface area contributed by atoms with Gasteiger partial charge in [-0.05, 0) is 6.08 Å². The molecule has 0 aliphatic heterocycles. The first kappa shape index (κ1) is 13.6. The van der Waals surface area contributed by atoms with E-state index in [0.717, 1.165) is 0 Å². The summed E-state index contributed by atoms with van der Waals surface area (Å²) in [6.07, 6.45) is 0.511. The third kappa shape index (κ3) is 4.12. The maximum atomic E-state index is 10.6. The molecule has 0 saturated heterocycles. The molecule has 0 fully saturated rings. The topological polar surface area (TPSA) is 111 Å². The molecule has 0 aromatic carbocycles. The van der Waals surface area contributed by atoms with E-state index in [1.54, 1.807) is 0 Å². The van der Waals surface area contributed by atoms with Crippen molar-refractivity contribution in [2.45, 2.75) is 37.2 Å². The molecule has 0 radical (unpaired) electrons. The summed E-state index contributed by atoms with van der Waals surface area (Å²) in [6.45, 7) is 0. The average molecular weight is 244 g/mol. The van der Waals surface area contributed by atoms with E-state index in [4.69, 9.17) is 15.2 Å². The largest absolute Gasteiger partial charge is 0.442 e. The Morgan fingerprint density at radius 1 is 1.47 bits per heavy atom. The van der Waals surface area contributed by atoms with Crippen molar-refractivity contribution in [3.63, 3.8) is 0 Å². The molecule has 1 rings (SSSR count). The molecule has 1 aliphatic carbocycles. The monoisotopic (exact) mass is 244 g/mol. The van der Waals surface area contributed by atoms with Crippen LogP contribution in [0.2, 0.25) is 0 Å². The molecule has 1 amide bonds. The minimum atomic E-state index is -0.933. The van der Waals surface area contributed by atoms with Gasteiger partial charge in [0.15, 0.2) is 0 Å². The molecule has 0 saturated carbocycles. The zero-order chi connectivity index (χ0) is 12.8. The fraction of sp³-hybridized carbons (Fsp3) is 0.700. The van der Waals surface area contributed by atoms with Crippen molar-refractivity contribution >= 4 is 6.09 Å². The predicted octanol–water partition coefficient (Wildman–Crippen LogP) is 0.311. The first-order chi connectivity index (χ1) is 8.06. The number of carbonyl (C=O) groups excluding carboxylic acids is 1. The number of amides is 1. The van der Waals surface area contributed by atoms with Gasteiger partial charge in [0.1, 0.15) is 12.1 Å². The molecule has 3 N–H and O–H groups in total. The van der Waals surface area contributed by atoms with Crippen LogP contribution in [0.4, 0.5) is 4.79 Å². The molecule has 0 aromatic heterocycles. The Kier molecular flexibility index (Phi) is 5.05. The van der Waals surface area contributed by atoms with Crippen molar-refractivity contribution < 1.29 is 19.4 Å². The second-order valence-corrected chi connectivity index (χ2v) is 3.85. The molecule has 7 heteroatoms. The van der Waals surface area contributed by atoms with E-state index in [1.165, 1.54) is 19.3 Å². The number of rotatable bonds is 3. The van der Waals surface area contributed by atoms with Gasteiger partial charge in [-0.25, -0.2) is 4.79 Å². The normalized spacial score (nSPS) is 35.4. The third-order valence-corrected chi connectivity index (χ3v) is 2.63. The first-order valence-electron chi connectivity index (χ1n) is 5.24. The summed E-state index contributed by atoms with van der Waals surface area (Å²) >= 11 is 0. The Labute approximate surface area is 98.5 Å². The van der Waals surface area contributed by atoms with Crippen LogP contribution in [0.5, 0.6) is 0 Å². The lowest BCUT2D eigenvalue weighted by molar-refractivity contribution is -0.0372. The molecule has 0 bridgehead atoms. The highest BCUT2D eigenvalue weighted by atomic mass is 16.6. The van der Waals surface area contributed by atoms with Crippen LogP contribution < -0.4 is 5.73 Å². The lowest BCUT2D eigenvalue weighted by Gasteiger charge is -2.27. The molecule has 0 heterocycles. The Bertz CT molecular complexity index is 307. The molecular weight excluding hydrogens is 228 g/mol. The van der Waals surface area contributed by atoms with Crippen LogP contribution in [-0.2, 0) is 9.47 Å². The Balaban J connectivity index is 2.79. The van der Waals surface area contributed by atoms with E-state index >= 15 is 0 Å². The lowest BCUT2D eigenvalue weighted by atomic mass is 9.96. The van der Waals surface area contributed by atoms with E-state index in [2.05, 4.69) is 5.18 Å². The van der Waals surface area contributed by atoms with Gasteiger partial charge in [-0.15, -0.1) is 0 Å². The highest BCUT2D eigenvalue weighted by Crippen LogP contribution is 2.19. The van der Waals surface area contributed by atoms with Crippen LogP contribution in [-0.4, -0.2) is 42.7 Å². The molecule has 0 spiro atoms. The number of nitroso groups, excluding NO2 is 1. The van der Waals surface area contributed by atoms with E-state index in [9.17, 15) is 14.8 Å². The summed E-state index contributed by atoms with van der Waals surface area (Å²) in [4.78, 5) is 21.2. The third-order valence-electron chi connectivity index (χ3n) is 2.63. The van der Waals surface area contributed by atoms with Crippen LogP contribution >= 0.6 is 0 Å². The zero-order valence-corrected chi connectivity index (χ0v) is 9.48. The Morgan fingerprint density at radius 2 is 2.18 bits per heavy atom. The highest BCUT2D eigenvalue weighted by Gasteiger charge is 2.28. The molecule has 17 heavy (non-hydrogen) atoms. The summed E-state index contributed by atoms with van der Waals surface area (Å²) < 4.78 is 9.85. The van der Waals surface area contributed by atoms with Gasteiger partial charge in [0.2, 0.25) is 0 Å². The second-order valence-electron chi connectivity index (χ2n) is 3.85. The summed E-state index contributed by atoms with van der Waals surface area (Å²) in [5.74, 6) is 0. The van der Waals surface area contributed by atoms with E-state index in [1.807, 2.05) is 0 Å². The summed E-state index contributed by atoms with van der Waals surface area (Å²) in [6, 6.07) is -0.617. The highest BCUT2D eigenvalue weighted by molar-refractivity contribution is 5.65. The number of methoxy groups -OCH3 is 1. The smallest absolute Gasteiger partial charge is 0.405 e. The van der Waals surface area contributed by atoms with Crippen molar-refractivity contribution in [2.75, 3.05) is 7.11 Å². The first-order valence-corrected chi connectivity index (χ1v) is 5.24. The number of ether oxygens (including phenoxy) is 2. The number of carbonyl (C=O) groups is 1. The Hall–Kier alpha value is -1.47. The standard InChI is InChI=1S/C10H16N2O5/c1-16-9-4-6(12-15)2-3-7(5-8(9)13)17-10(11)14/h2-3,6-9,13H,4-5H2,1H3,(H2,11,14)/b3-2+/t6?,7?,8-,9+/m0/s1. The van der Waals surface area contributed by atoms with Crippen LogP contribution in [0.1, 0.15) is 12.8 Å². The molecule has 4 atom stereocenters. The Morgan fingerprint density at radius 3 is 2.71 bits per heavy atom. The maximum absolute atomic E-state index is 10.6. The molecule has 0 aromatic rings. The fourth-order valence-electron chi connectivity index (χ4n) is 1.76. The van der Waals surface area contributed by atoms with Crippen molar-refractivity contribution in [3.05, 3.63) is 17.1 Å². The van der Waals surface area contributed by atoms with Gasteiger partial charge in [0, 0.05) is 20.0 Å². The minimum absolute atomic E-state index is 0.170. The van der Waals surface area contributed by atoms with Gasteiger partial charge in [-0.2, -0.15) is 4.91 Å². The van der Waals surface area contributed by atoms with Gasteiger partial charge in [0.05, 0.1) is 12.2 Å². The van der Waals surface area contributed by atoms with Crippen molar-refractivity contribution in [1.82, 2.24) is 0 Å². The number of nitrogens with zero attached hydrogens (tertiary/aromatic N) is 1. The van der Waals surface area contributed by atoms with E-state index < -0.39 is 30.4 Å². The average Bonchev–Trinajstić information content (AvgIpc) is 2.26. The van der Waals surface area contributed by atoms with Gasteiger partial charge in [-0.1, -0.05) is 11.3 Å². The summed E-state index contributed by atoms with van der Waals surface area (Å²) in [7, 11) is 1.44. The molecule has 1 aliphatic rings. The van der Waals surface area contributed by atoms with Gasteiger partial charge >= 0.3 is 6.09 Å². The molecular formula is C10H16N2O5. The number of nitrogens with two attached hydrogens (primary N) is 1. The van der Waals surface area contributed by atoms with E-state index in [0.29, 0.717) is 6.42 Å². The fourth-order valence-corrected chi connectivity index (χ4v) is 1.76. The lowest BCUT2D eigenvalue weighted by Crippen LogP contribution is -2.37. The number of primary amides is 1. The van der Waals surface area contributed by atoms with E-state index in [-0.39, 0.29) is 6.42 Å². The summed E-state index contributed by atoms with van der Waals surface area (Å²) in [5.41, 5.74) is 4.90. The van der Waals surface area contributed by atoms with Gasteiger partial charge in [0.25, 0.3) is 0 Å². The molecule has 96 valence electrons. The van der Waals surface area contributed by atoms with Gasteiger partial charge < -0.3 is 20.3 Å². The quantitative estimate of drug-likeness (QED) is 0.548. The predicted molar refractivity (Wildman–Crippen MR) is 59.2 cm³/mol. The SMILES string of the molecule is CO[C@@H]1CC(N=O)/C=C/C(OC(N)=O)C[C@@H]1O. The second kappa shape index (κ2) is 6.31. The van der Waals surface area contributed by atoms with Crippen LogP contribution in [0.3, 0.4) is 0 Å². The molecule has 2 unspecified atom stereocenters. The van der Waals surface area contributed by atoms with Crippen LogP contribution in [0, 0.1) is 4.91 Å². The summed E-state index contributed by atoms with van der Waals surface area (Å²) in [5, 5.41) is 12.7. The van der Waals surface area contributed by atoms with Crippen LogP contribution in [0.15, 0.2) is 17.3 Å². The zero-order valence-electron chi connectivity index (χ0n) is 9.48. The van der Waals surface area contributed by atoms with Crippen LogP contribution in [0.25, 0.3) is 0 Å². The maximum Gasteiger partial charge on any atom is 0.405 e. The van der Waals surface area contributed by atoms with Crippen molar-refractivity contribution in [1.29, 1.82) is 0 Å². The number of aliphatic hydroxyl groups excluding tert-OH is 1. The number of hydrogen-bond donors (Lipinski definition) is 2. The number of aliphatic hydroxyl groups is 1. The van der Waals surface area contributed by atoms with Gasteiger partial charge in [-0.3, -0.25) is 0 Å². The van der Waals surface area contributed by atoms with Crippen molar-refractivity contribution in [3.8, 4) is 0 Å².